The molecule has 0 fully saturated rings. The lowest BCUT2D eigenvalue weighted by atomic mass is 10.0. The Morgan fingerprint density at radius 2 is 0.869 bits per heavy atom. The van der Waals surface area contributed by atoms with Gasteiger partial charge in [-0.25, -0.2) is 4.68 Å². The molecule has 0 bridgehead atoms. The molecule has 6 nitrogen and oxygen atoms in total. The molecule has 0 saturated heterocycles. The van der Waals surface area contributed by atoms with Crippen molar-refractivity contribution < 1.29 is 0 Å². The lowest BCUT2D eigenvalue weighted by molar-refractivity contribution is 0.824. The van der Waals surface area contributed by atoms with Crippen LogP contribution in [0.15, 0.2) is 224 Å². The minimum atomic E-state index is 0.874. The van der Waals surface area contributed by atoms with E-state index in [1.165, 1.54) is 16.3 Å². The summed E-state index contributed by atoms with van der Waals surface area (Å²) in [6, 6.07) is 79.6. The van der Waals surface area contributed by atoms with Crippen molar-refractivity contribution in [1.82, 2.24) is 19.6 Å². The topological polar surface area (TPSA) is 42.1 Å². The van der Waals surface area contributed by atoms with Gasteiger partial charge in [0.15, 0.2) is 0 Å². The van der Waals surface area contributed by atoms with Gasteiger partial charge >= 0.3 is 0 Å². The molecule has 2 aromatic heterocycles. The first-order valence-corrected chi connectivity index (χ1v) is 20.6. The number of anilines is 6. The zero-order valence-corrected chi connectivity index (χ0v) is 33.5. The fourth-order valence-corrected chi connectivity index (χ4v) is 8.70. The summed E-state index contributed by atoms with van der Waals surface area (Å²) in [5, 5.41) is 11.2. The van der Waals surface area contributed by atoms with Crippen molar-refractivity contribution >= 4 is 67.0 Å². The number of para-hydroxylation sites is 5. The van der Waals surface area contributed by atoms with Crippen LogP contribution >= 0.6 is 0 Å². The molecule has 2 heterocycles. The summed E-state index contributed by atoms with van der Waals surface area (Å²) in [6.07, 6.45) is 0. The predicted octanol–water partition coefficient (Wildman–Crippen LogP) is 14.4. The fraction of sp³-hybridized carbons (Fsp3) is 0.0182. The van der Waals surface area contributed by atoms with E-state index in [1.807, 2.05) is 22.9 Å². The van der Waals surface area contributed by atoms with Gasteiger partial charge in [0.2, 0.25) is 0 Å². The van der Waals surface area contributed by atoms with E-state index in [0.717, 1.165) is 78.7 Å². The average molecular weight is 785 g/mol. The van der Waals surface area contributed by atoms with E-state index in [9.17, 15) is 0 Å². The highest BCUT2D eigenvalue weighted by Crippen LogP contribution is 2.43. The number of fused-ring (bicyclic) bond motifs is 4. The summed E-state index contributed by atoms with van der Waals surface area (Å²) in [4.78, 5) is 4.67. The maximum atomic E-state index is 4.48. The highest BCUT2D eigenvalue weighted by molar-refractivity contribution is 6.12. The van der Waals surface area contributed by atoms with Crippen LogP contribution in [0.2, 0.25) is 0 Å². The zero-order chi connectivity index (χ0) is 40.7. The molecule has 6 heteroatoms. The third-order valence-electron chi connectivity index (χ3n) is 11.5. The molecule has 61 heavy (non-hydrogen) atoms. The molecule has 0 aliphatic carbocycles. The highest BCUT2D eigenvalue weighted by atomic mass is 15.4. The van der Waals surface area contributed by atoms with Gasteiger partial charge in [0.1, 0.15) is 5.52 Å². The second-order valence-electron chi connectivity index (χ2n) is 15.3. The predicted molar refractivity (Wildman–Crippen MR) is 253 cm³/mol. The Balaban J connectivity index is 1.09. The van der Waals surface area contributed by atoms with Crippen LogP contribution < -0.4 is 9.80 Å². The number of hydrogen-bond acceptors (Lipinski definition) is 4. The van der Waals surface area contributed by atoms with Crippen molar-refractivity contribution in [1.29, 1.82) is 0 Å². The second-order valence-corrected chi connectivity index (χ2v) is 15.3. The van der Waals surface area contributed by atoms with Gasteiger partial charge in [0.05, 0.1) is 22.2 Å². The molecule has 11 rings (SSSR count). The molecule has 0 amide bonds. The summed E-state index contributed by atoms with van der Waals surface area (Å²) < 4.78 is 4.34. The Morgan fingerprint density at radius 1 is 0.377 bits per heavy atom. The van der Waals surface area contributed by atoms with Crippen LogP contribution in [0.25, 0.3) is 55.3 Å². The van der Waals surface area contributed by atoms with E-state index in [4.69, 9.17) is 0 Å². The van der Waals surface area contributed by atoms with E-state index in [0.29, 0.717) is 0 Å². The van der Waals surface area contributed by atoms with Crippen LogP contribution in [0.5, 0.6) is 0 Å². The van der Waals surface area contributed by atoms with Gasteiger partial charge in [-0.15, -0.1) is 5.10 Å². The molecule has 0 saturated carbocycles. The second kappa shape index (κ2) is 15.2. The highest BCUT2D eigenvalue weighted by Gasteiger charge is 2.21. The molecule has 0 unspecified atom stereocenters. The molecular formula is C55H40N6. The zero-order valence-electron chi connectivity index (χ0n) is 33.5. The van der Waals surface area contributed by atoms with Gasteiger partial charge in [0, 0.05) is 50.6 Å². The number of aromatic nitrogens is 4. The van der Waals surface area contributed by atoms with Gasteiger partial charge in [-0.3, -0.25) is 0 Å². The van der Waals surface area contributed by atoms with Crippen molar-refractivity contribution in [3.05, 3.63) is 230 Å². The molecule has 0 N–H and O–H groups in total. The Bertz CT molecular complexity index is 3100. The molecule has 11 aromatic rings. The van der Waals surface area contributed by atoms with Crippen molar-refractivity contribution in [3.8, 4) is 22.5 Å². The summed E-state index contributed by atoms with van der Waals surface area (Å²) >= 11 is 0. The van der Waals surface area contributed by atoms with Crippen molar-refractivity contribution in [3.63, 3.8) is 0 Å². The van der Waals surface area contributed by atoms with Crippen molar-refractivity contribution in [2.45, 2.75) is 6.92 Å². The smallest absolute Gasteiger partial charge is 0.113 e. The first-order chi connectivity index (χ1) is 30.2. The maximum Gasteiger partial charge on any atom is 0.113 e. The first kappa shape index (κ1) is 35.9. The lowest BCUT2D eigenvalue weighted by Gasteiger charge is -2.26. The molecule has 0 aliphatic rings. The summed E-state index contributed by atoms with van der Waals surface area (Å²) in [6.45, 7) is 2.22. The van der Waals surface area contributed by atoms with Gasteiger partial charge in [-0.2, -0.15) is 0 Å². The van der Waals surface area contributed by atoms with E-state index in [1.54, 1.807) is 0 Å². The number of aryl methyl sites for hydroxylation is 1. The third-order valence-corrected chi connectivity index (χ3v) is 11.5. The Hall–Kier alpha value is -8.22. The molecule has 0 atom stereocenters. The standard InChI is InChI=1S/C55H40N6/c1-39-35-41(40-17-16-26-48(36-40)61-55-28-15-14-27-51(55)56-57-61)29-32-52(39)60-53-33-30-46(58(42-18-6-2-7-19-42)43-20-8-3-9-21-43)37-49(53)50-38-47(31-34-54(50)60)59(44-22-10-4-11-23-44)45-24-12-5-13-25-45/h2-38H,1H3. The lowest BCUT2D eigenvalue weighted by Crippen LogP contribution is -2.09. The van der Waals surface area contributed by atoms with Gasteiger partial charge in [-0.1, -0.05) is 108 Å². The molecule has 0 radical (unpaired) electrons. The van der Waals surface area contributed by atoms with Crippen LogP contribution in [0.1, 0.15) is 5.56 Å². The molecule has 0 aliphatic heterocycles. The van der Waals surface area contributed by atoms with E-state index < -0.39 is 0 Å². The van der Waals surface area contributed by atoms with Crippen LogP contribution in [0.3, 0.4) is 0 Å². The van der Waals surface area contributed by atoms with Gasteiger partial charge in [0.25, 0.3) is 0 Å². The molecule has 9 aromatic carbocycles. The van der Waals surface area contributed by atoms with Crippen LogP contribution in [0, 0.1) is 6.92 Å². The minimum Gasteiger partial charge on any atom is -0.310 e. The van der Waals surface area contributed by atoms with E-state index >= 15 is 0 Å². The maximum absolute atomic E-state index is 4.48. The number of rotatable bonds is 9. The monoisotopic (exact) mass is 784 g/mol. The SMILES string of the molecule is Cc1cc(-c2cccc(-n3nnc4ccccc43)c2)ccc1-n1c2ccc(N(c3ccccc3)c3ccccc3)cc2c2cc(N(c3ccccc3)c3ccccc3)ccc21. The van der Waals surface area contributed by atoms with E-state index in [-0.39, 0.29) is 0 Å². The Labute approximate surface area is 354 Å². The average Bonchev–Trinajstić information content (AvgIpc) is 3.90. The summed E-state index contributed by atoms with van der Waals surface area (Å²) in [5.41, 5.74) is 16.2. The molecule has 290 valence electrons. The Kier molecular flexibility index (Phi) is 8.94. The van der Waals surface area contributed by atoms with Crippen LogP contribution in [-0.4, -0.2) is 19.6 Å². The quantitative estimate of drug-likeness (QED) is 0.146. The van der Waals surface area contributed by atoms with Crippen molar-refractivity contribution in [2.24, 2.45) is 0 Å². The third kappa shape index (κ3) is 6.47. The summed E-state index contributed by atoms with van der Waals surface area (Å²) in [7, 11) is 0. The largest absolute Gasteiger partial charge is 0.310 e. The van der Waals surface area contributed by atoms with Crippen molar-refractivity contribution in [2.75, 3.05) is 9.80 Å². The Morgan fingerprint density at radius 3 is 1.39 bits per heavy atom. The minimum absolute atomic E-state index is 0.874. The van der Waals surface area contributed by atoms with E-state index in [2.05, 4.69) is 238 Å². The number of benzene rings is 9. The normalized spacial score (nSPS) is 11.4. The molecular weight excluding hydrogens is 745 g/mol. The first-order valence-electron chi connectivity index (χ1n) is 20.6. The van der Waals surface area contributed by atoms with Crippen LogP contribution in [0.4, 0.5) is 34.1 Å². The summed E-state index contributed by atoms with van der Waals surface area (Å²) in [5.74, 6) is 0. The van der Waals surface area contributed by atoms with Gasteiger partial charge in [-0.05, 0) is 145 Å². The fourth-order valence-electron chi connectivity index (χ4n) is 8.70. The number of hydrogen-bond donors (Lipinski definition) is 0. The molecule has 0 spiro atoms. The number of nitrogens with zero attached hydrogens (tertiary/aromatic N) is 6. The van der Waals surface area contributed by atoms with Crippen LogP contribution in [-0.2, 0) is 0 Å². The van der Waals surface area contributed by atoms with Gasteiger partial charge < -0.3 is 14.4 Å².